The van der Waals surface area contributed by atoms with Crippen LogP contribution < -0.4 is 5.73 Å². The number of aromatic nitrogens is 1. The summed E-state index contributed by atoms with van der Waals surface area (Å²) < 4.78 is 4.28. The minimum absolute atomic E-state index is 0.826. The van der Waals surface area contributed by atoms with E-state index in [1.165, 1.54) is 43.9 Å². The molecule has 0 saturated carbocycles. The van der Waals surface area contributed by atoms with E-state index >= 15 is 0 Å². The van der Waals surface area contributed by atoms with Crippen molar-refractivity contribution in [2.75, 3.05) is 18.8 Å². The summed E-state index contributed by atoms with van der Waals surface area (Å²) in [5, 5.41) is 0.826. The molecule has 2 heterocycles. The fourth-order valence-electron chi connectivity index (χ4n) is 1.75. The minimum Gasteiger partial charge on any atom is -0.389 e. The predicted molar refractivity (Wildman–Crippen MR) is 55.7 cm³/mol. The Labute approximate surface area is 82.7 Å². The van der Waals surface area contributed by atoms with Crippen molar-refractivity contribution in [3.05, 3.63) is 11.8 Å². The van der Waals surface area contributed by atoms with Gasteiger partial charge in [-0.15, -0.1) is 0 Å². The van der Waals surface area contributed by atoms with Gasteiger partial charge in [0.25, 0.3) is 0 Å². The van der Waals surface area contributed by atoms with Gasteiger partial charge in [0, 0.05) is 6.54 Å². The highest BCUT2D eigenvalue weighted by molar-refractivity contribution is 7.10. The number of nitrogens with two attached hydrogens (primary N) is 1. The zero-order chi connectivity index (χ0) is 9.10. The molecule has 1 fully saturated rings. The molecule has 0 atom stereocenters. The van der Waals surface area contributed by atoms with Gasteiger partial charge in [0.05, 0.1) is 5.69 Å². The Kier molecular flexibility index (Phi) is 2.80. The molecule has 0 aliphatic carbocycles. The van der Waals surface area contributed by atoms with E-state index in [0.717, 1.165) is 17.2 Å². The Bertz CT molecular complexity index is 266. The van der Waals surface area contributed by atoms with Gasteiger partial charge in [0.15, 0.2) is 0 Å². The van der Waals surface area contributed by atoms with Gasteiger partial charge in [-0.1, -0.05) is 6.42 Å². The first-order valence-corrected chi connectivity index (χ1v) is 5.55. The van der Waals surface area contributed by atoms with Crippen LogP contribution in [0.25, 0.3) is 0 Å². The first-order valence-electron chi connectivity index (χ1n) is 4.78. The quantitative estimate of drug-likeness (QED) is 0.785. The second-order valence-electron chi connectivity index (χ2n) is 3.56. The molecule has 4 heteroatoms. The normalized spacial score (nSPS) is 19.1. The maximum atomic E-state index is 5.62. The lowest BCUT2D eigenvalue weighted by atomic mass is 10.1. The summed E-state index contributed by atoms with van der Waals surface area (Å²) in [7, 11) is 0. The highest BCUT2D eigenvalue weighted by Gasteiger charge is 2.11. The number of hydrogen-bond acceptors (Lipinski definition) is 4. The fourth-order valence-corrected chi connectivity index (χ4v) is 2.27. The maximum Gasteiger partial charge on any atom is 0.107 e. The van der Waals surface area contributed by atoms with Crippen LogP contribution in [-0.4, -0.2) is 22.4 Å². The number of nitrogen functional groups attached to an aromatic ring is 1. The van der Waals surface area contributed by atoms with Crippen LogP contribution in [0.1, 0.15) is 25.0 Å². The number of rotatable bonds is 2. The third kappa shape index (κ3) is 2.42. The van der Waals surface area contributed by atoms with Gasteiger partial charge < -0.3 is 5.73 Å². The molecule has 1 aliphatic rings. The summed E-state index contributed by atoms with van der Waals surface area (Å²) in [6.45, 7) is 3.42. The average molecular weight is 197 g/mol. The molecular weight excluding hydrogens is 182 g/mol. The lowest BCUT2D eigenvalue weighted by Crippen LogP contribution is -2.29. The van der Waals surface area contributed by atoms with E-state index < -0.39 is 0 Å². The van der Waals surface area contributed by atoms with E-state index in [0.29, 0.717) is 0 Å². The third-order valence-electron chi connectivity index (χ3n) is 2.41. The molecule has 13 heavy (non-hydrogen) atoms. The first kappa shape index (κ1) is 8.97. The van der Waals surface area contributed by atoms with Crippen LogP contribution in [0, 0.1) is 0 Å². The molecule has 2 rings (SSSR count). The Morgan fingerprint density at radius 1 is 1.38 bits per heavy atom. The zero-order valence-electron chi connectivity index (χ0n) is 7.70. The molecule has 0 bridgehead atoms. The van der Waals surface area contributed by atoms with Crippen molar-refractivity contribution in [1.29, 1.82) is 0 Å². The molecule has 3 nitrogen and oxygen atoms in total. The molecule has 1 aromatic rings. The van der Waals surface area contributed by atoms with E-state index in [1.54, 1.807) is 0 Å². The standard InChI is InChI=1S/C9H15N3S/c10-9-6-8(11-13-9)7-12-4-2-1-3-5-12/h6H,1-5,7,10H2. The lowest BCUT2D eigenvalue weighted by molar-refractivity contribution is 0.219. The van der Waals surface area contributed by atoms with E-state index in [9.17, 15) is 0 Å². The molecule has 0 radical (unpaired) electrons. The molecular formula is C9H15N3S. The van der Waals surface area contributed by atoms with E-state index in [1.807, 2.05) is 6.07 Å². The van der Waals surface area contributed by atoms with Crippen LogP contribution in [0.2, 0.25) is 0 Å². The zero-order valence-corrected chi connectivity index (χ0v) is 8.52. The van der Waals surface area contributed by atoms with Gasteiger partial charge in [-0.25, -0.2) is 0 Å². The second kappa shape index (κ2) is 4.07. The molecule has 0 unspecified atom stereocenters. The molecule has 1 aromatic heterocycles. The predicted octanol–water partition coefficient (Wildman–Crippen LogP) is 1.71. The number of piperidine rings is 1. The Morgan fingerprint density at radius 3 is 2.77 bits per heavy atom. The van der Waals surface area contributed by atoms with E-state index in [4.69, 9.17) is 5.73 Å². The Balaban J connectivity index is 1.89. The fraction of sp³-hybridized carbons (Fsp3) is 0.667. The van der Waals surface area contributed by atoms with Crippen LogP contribution in [-0.2, 0) is 6.54 Å². The van der Waals surface area contributed by atoms with Gasteiger partial charge >= 0.3 is 0 Å². The first-order chi connectivity index (χ1) is 6.34. The number of hydrogen-bond donors (Lipinski definition) is 1. The van der Waals surface area contributed by atoms with Crippen LogP contribution >= 0.6 is 11.5 Å². The van der Waals surface area contributed by atoms with Crippen molar-refractivity contribution in [1.82, 2.24) is 9.27 Å². The molecule has 0 amide bonds. The van der Waals surface area contributed by atoms with Crippen molar-refractivity contribution in [2.24, 2.45) is 0 Å². The highest BCUT2D eigenvalue weighted by atomic mass is 32.1. The summed E-state index contributed by atoms with van der Waals surface area (Å²) >= 11 is 1.39. The maximum absolute atomic E-state index is 5.62. The number of anilines is 1. The van der Waals surface area contributed by atoms with Crippen LogP contribution in [0.3, 0.4) is 0 Å². The third-order valence-corrected chi connectivity index (χ3v) is 3.07. The molecule has 1 aliphatic heterocycles. The monoisotopic (exact) mass is 197 g/mol. The minimum atomic E-state index is 0.826. The lowest BCUT2D eigenvalue weighted by Gasteiger charge is -2.25. The van der Waals surface area contributed by atoms with Gasteiger partial charge in [0.1, 0.15) is 5.00 Å². The van der Waals surface area contributed by atoms with Crippen molar-refractivity contribution in [3.63, 3.8) is 0 Å². The summed E-state index contributed by atoms with van der Waals surface area (Å²) in [6, 6.07) is 1.99. The summed E-state index contributed by atoms with van der Waals surface area (Å²) in [5.74, 6) is 0. The molecule has 72 valence electrons. The average Bonchev–Trinajstić information content (AvgIpc) is 2.53. The number of likely N-dealkylation sites (tertiary alicyclic amines) is 1. The Morgan fingerprint density at radius 2 is 2.15 bits per heavy atom. The van der Waals surface area contributed by atoms with Crippen LogP contribution in [0.5, 0.6) is 0 Å². The van der Waals surface area contributed by atoms with Crippen molar-refractivity contribution in [2.45, 2.75) is 25.8 Å². The molecule has 0 spiro atoms. The van der Waals surface area contributed by atoms with Crippen molar-refractivity contribution in [3.8, 4) is 0 Å². The van der Waals surface area contributed by atoms with Crippen molar-refractivity contribution < 1.29 is 0 Å². The smallest absolute Gasteiger partial charge is 0.107 e. The molecule has 2 N–H and O–H groups in total. The summed E-state index contributed by atoms with van der Waals surface area (Å²) in [5.41, 5.74) is 6.75. The van der Waals surface area contributed by atoms with Crippen LogP contribution in [0.4, 0.5) is 5.00 Å². The molecule has 1 saturated heterocycles. The van der Waals surface area contributed by atoms with E-state index in [-0.39, 0.29) is 0 Å². The SMILES string of the molecule is Nc1cc(CN2CCCCC2)ns1. The van der Waals surface area contributed by atoms with Gasteiger partial charge in [-0.05, 0) is 43.5 Å². The number of nitrogens with zero attached hydrogens (tertiary/aromatic N) is 2. The summed E-state index contributed by atoms with van der Waals surface area (Å²) in [4.78, 5) is 2.46. The van der Waals surface area contributed by atoms with Crippen LogP contribution in [0.15, 0.2) is 6.07 Å². The molecule has 0 aromatic carbocycles. The van der Waals surface area contributed by atoms with Crippen molar-refractivity contribution >= 4 is 16.5 Å². The van der Waals surface area contributed by atoms with Gasteiger partial charge in [0.2, 0.25) is 0 Å². The van der Waals surface area contributed by atoms with E-state index in [2.05, 4.69) is 9.27 Å². The topological polar surface area (TPSA) is 42.1 Å². The largest absolute Gasteiger partial charge is 0.389 e. The van der Waals surface area contributed by atoms with Gasteiger partial charge in [-0.2, -0.15) is 4.37 Å². The second-order valence-corrected chi connectivity index (χ2v) is 4.39. The summed E-state index contributed by atoms with van der Waals surface area (Å²) in [6.07, 6.45) is 4.05. The Hall–Kier alpha value is -0.610. The highest BCUT2D eigenvalue weighted by Crippen LogP contribution is 2.16. The van der Waals surface area contributed by atoms with Gasteiger partial charge in [-0.3, -0.25) is 4.90 Å².